The molecule has 3 aromatic rings. The summed E-state index contributed by atoms with van der Waals surface area (Å²) in [7, 11) is 1.57. The van der Waals surface area contributed by atoms with Crippen LogP contribution >= 0.6 is 0 Å². The van der Waals surface area contributed by atoms with Gasteiger partial charge in [-0.1, -0.05) is 29.8 Å². The monoisotopic (exact) mass is 355 g/mol. The number of aromatic nitrogens is 1. The molecule has 0 amide bonds. The number of nitrogens with two attached hydrogens (primary N) is 1. The van der Waals surface area contributed by atoms with Crippen LogP contribution in [0.2, 0.25) is 0 Å². The zero-order valence-corrected chi connectivity index (χ0v) is 14.9. The number of hydrogen-bond donors (Lipinski definition) is 2. The summed E-state index contributed by atoms with van der Waals surface area (Å²) in [6.07, 6.45) is 0. The maximum atomic E-state index is 9.79. The van der Waals surface area contributed by atoms with Crippen molar-refractivity contribution in [2.45, 2.75) is 6.92 Å². The van der Waals surface area contributed by atoms with Crippen molar-refractivity contribution in [3.8, 4) is 29.0 Å². The van der Waals surface area contributed by atoms with Crippen LogP contribution in [0.4, 0.5) is 17.3 Å². The number of nitrogens with zero attached hydrogens (tertiary/aromatic N) is 3. The van der Waals surface area contributed by atoms with Gasteiger partial charge in [0.25, 0.3) is 0 Å². The highest BCUT2D eigenvalue weighted by molar-refractivity contribution is 5.86. The normalized spacial score (nSPS) is 9.93. The molecule has 0 radical (unpaired) electrons. The third-order valence-electron chi connectivity index (χ3n) is 4.14. The zero-order valence-electron chi connectivity index (χ0n) is 14.9. The number of aryl methyl sites for hydroxylation is 1. The van der Waals surface area contributed by atoms with Crippen LogP contribution in [0.5, 0.6) is 5.75 Å². The summed E-state index contributed by atoms with van der Waals surface area (Å²) in [4.78, 5) is 4.25. The highest BCUT2D eigenvalue weighted by Gasteiger charge is 2.20. The Morgan fingerprint density at radius 3 is 2.15 bits per heavy atom. The molecular weight excluding hydrogens is 338 g/mol. The standard InChI is InChI=1S/C21H17N5O/c1-13-3-7-15(8-4-13)25-21-18(12-23)19(17(11-22)20(24)26-21)14-5-9-16(27-2)10-6-14/h3-10H,1-2H3,(H3,24,25,26). The summed E-state index contributed by atoms with van der Waals surface area (Å²) in [6.45, 7) is 1.99. The number of methoxy groups -OCH3 is 1. The number of benzene rings is 2. The molecule has 0 aliphatic rings. The molecule has 1 aromatic heterocycles. The lowest BCUT2D eigenvalue weighted by Gasteiger charge is -2.15. The molecule has 0 saturated heterocycles. The van der Waals surface area contributed by atoms with Crippen LogP contribution in [-0.4, -0.2) is 12.1 Å². The fraction of sp³-hybridized carbons (Fsp3) is 0.0952. The number of nitrogen functional groups attached to an aromatic ring is 1. The van der Waals surface area contributed by atoms with E-state index in [0.717, 1.165) is 11.3 Å². The molecular formula is C21H17N5O. The minimum absolute atomic E-state index is 0.0666. The van der Waals surface area contributed by atoms with Crippen LogP contribution in [0.3, 0.4) is 0 Å². The van der Waals surface area contributed by atoms with E-state index in [2.05, 4.69) is 22.4 Å². The number of anilines is 3. The van der Waals surface area contributed by atoms with Gasteiger partial charge in [0.1, 0.15) is 34.8 Å². The first-order chi connectivity index (χ1) is 13.1. The van der Waals surface area contributed by atoms with Crippen LogP contribution in [0.25, 0.3) is 11.1 Å². The average molecular weight is 355 g/mol. The lowest BCUT2D eigenvalue weighted by Crippen LogP contribution is -2.06. The predicted octanol–water partition coefficient (Wildman–Crippen LogP) is 4.13. The maximum absolute atomic E-state index is 9.79. The molecule has 0 unspecified atom stereocenters. The second kappa shape index (κ2) is 7.47. The summed E-state index contributed by atoms with van der Waals surface area (Å²) in [5.41, 5.74) is 9.47. The van der Waals surface area contributed by atoms with Gasteiger partial charge in [-0.2, -0.15) is 10.5 Å². The van der Waals surface area contributed by atoms with E-state index in [1.54, 1.807) is 31.4 Å². The summed E-state index contributed by atoms with van der Waals surface area (Å²) in [5, 5.41) is 22.5. The predicted molar refractivity (Wildman–Crippen MR) is 105 cm³/mol. The average Bonchev–Trinajstić information content (AvgIpc) is 2.69. The number of ether oxygens (including phenoxy) is 1. The largest absolute Gasteiger partial charge is 0.497 e. The molecule has 0 aliphatic heterocycles. The maximum Gasteiger partial charge on any atom is 0.151 e. The number of nitrogens with one attached hydrogen (secondary N) is 1. The van der Waals surface area contributed by atoms with Gasteiger partial charge in [0, 0.05) is 11.3 Å². The Labute approximate surface area is 157 Å². The number of rotatable bonds is 4. The van der Waals surface area contributed by atoms with Crippen molar-refractivity contribution in [2.24, 2.45) is 0 Å². The van der Waals surface area contributed by atoms with Gasteiger partial charge in [-0.3, -0.25) is 0 Å². The van der Waals surface area contributed by atoms with Crippen molar-refractivity contribution < 1.29 is 4.74 Å². The first kappa shape index (κ1) is 17.8. The molecule has 0 fully saturated rings. The third kappa shape index (κ3) is 3.51. The Bertz CT molecular complexity index is 1060. The zero-order chi connectivity index (χ0) is 19.4. The molecule has 0 spiro atoms. The van der Waals surface area contributed by atoms with Gasteiger partial charge in [-0.15, -0.1) is 0 Å². The third-order valence-corrected chi connectivity index (χ3v) is 4.14. The van der Waals surface area contributed by atoms with Gasteiger partial charge >= 0.3 is 0 Å². The highest BCUT2D eigenvalue weighted by atomic mass is 16.5. The van der Waals surface area contributed by atoms with Gasteiger partial charge in [0.05, 0.1) is 7.11 Å². The molecule has 0 saturated carbocycles. The topological polar surface area (TPSA) is 108 Å². The smallest absolute Gasteiger partial charge is 0.151 e. The SMILES string of the molecule is COc1ccc(-c2c(C#N)c(N)nc(Nc3ccc(C)cc3)c2C#N)cc1. The van der Waals surface area contributed by atoms with Crippen molar-refractivity contribution >= 4 is 17.3 Å². The molecule has 132 valence electrons. The Hall–Kier alpha value is -4.03. The second-order valence-corrected chi connectivity index (χ2v) is 5.91. The molecule has 0 atom stereocenters. The van der Waals surface area contributed by atoms with E-state index >= 15 is 0 Å². The first-order valence-electron chi connectivity index (χ1n) is 8.19. The number of pyridine rings is 1. The van der Waals surface area contributed by atoms with Gasteiger partial charge in [0.2, 0.25) is 0 Å². The van der Waals surface area contributed by atoms with Crippen LogP contribution < -0.4 is 15.8 Å². The van der Waals surface area contributed by atoms with Crippen molar-refractivity contribution in [2.75, 3.05) is 18.2 Å². The molecule has 0 aliphatic carbocycles. The Morgan fingerprint density at radius 1 is 0.963 bits per heavy atom. The van der Waals surface area contributed by atoms with Crippen LogP contribution in [0.15, 0.2) is 48.5 Å². The highest BCUT2D eigenvalue weighted by Crippen LogP contribution is 2.35. The first-order valence-corrected chi connectivity index (χ1v) is 8.19. The molecule has 3 rings (SSSR count). The van der Waals surface area contributed by atoms with E-state index < -0.39 is 0 Å². The number of nitriles is 2. The molecule has 2 aromatic carbocycles. The molecule has 6 nitrogen and oxygen atoms in total. The summed E-state index contributed by atoms with van der Waals surface area (Å²) >= 11 is 0. The summed E-state index contributed by atoms with van der Waals surface area (Å²) < 4.78 is 5.17. The van der Waals surface area contributed by atoms with Crippen LogP contribution in [0, 0.1) is 29.6 Å². The second-order valence-electron chi connectivity index (χ2n) is 5.91. The van der Waals surface area contributed by atoms with Gasteiger partial charge < -0.3 is 15.8 Å². The van der Waals surface area contributed by atoms with Crippen molar-refractivity contribution in [1.29, 1.82) is 10.5 Å². The van der Waals surface area contributed by atoms with Gasteiger partial charge in [-0.05, 0) is 36.8 Å². The molecule has 3 N–H and O–H groups in total. The summed E-state index contributed by atoms with van der Waals surface area (Å²) in [6, 6.07) is 19.0. The van der Waals surface area contributed by atoms with Crippen molar-refractivity contribution in [3.05, 3.63) is 65.2 Å². The quantitative estimate of drug-likeness (QED) is 0.728. The van der Waals surface area contributed by atoms with Gasteiger partial charge in [0.15, 0.2) is 5.82 Å². The Morgan fingerprint density at radius 2 is 1.59 bits per heavy atom. The lowest BCUT2D eigenvalue weighted by atomic mass is 9.96. The van der Waals surface area contributed by atoms with E-state index in [-0.39, 0.29) is 16.9 Å². The molecule has 0 bridgehead atoms. The Kier molecular flexibility index (Phi) is 4.92. The van der Waals surface area contributed by atoms with E-state index in [0.29, 0.717) is 22.7 Å². The van der Waals surface area contributed by atoms with Crippen LogP contribution in [-0.2, 0) is 0 Å². The van der Waals surface area contributed by atoms with E-state index in [9.17, 15) is 10.5 Å². The van der Waals surface area contributed by atoms with E-state index in [1.165, 1.54) is 0 Å². The minimum atomic E-state index is 0.0666. The van der Waals surface area contributed by atoms with Crippen molar-refractivity contribution in [1.82, 2.24) is 4.98 Å². The molecule has 6 heteroatoms. The Balaban J connectivity index is 2.18. The fourth-order valence-electron chi connectivity index (χ4n) is 2.74. The fourth-order valence-corrected chi connectivity index (χ4v) is 2.74. The van der Waals surface area contributed by atoms with Crippen molar-refractivity contribution in [3.63, 3.8) is 0 Å². The molecule has 1 heterocycles. The van der Waals surface area contributed by atoms with Crippen LogP contribution in [0.1, 0.15) is 16.7 Å². The van der Waals surface area contributed by atoms with Gasteiger partial charge in [-0.25, -0.2) is 4.98 Å². The lowest BCUT2D eigenvalue weighted by molar-refractivity contribution is 0.415. The van der Waals surface area contributed by atoms with E-state index in [1.807, 2.05) is 31.2 Å². The minimum Gasteiger partial charge on any atom is -0.497 e. The van der Waals surface area contributed by atoms with E-state index in [4.69, 9.17) is 10.5 Å². The number of hydrogen-bond acceptors (Lipinski definition) is 6. The molecule has 27 heavy (non-hydrogen) atoms. The summed E-state index contributed by atoms with van der Waals surface area (Å²) in [5.74, 6) is 1.05.